The number of allylic oxidation sites excluding steroid dienone is 1. The summed E-state index contributed by atoms with van der Waals surface area (Å²) >= 11 is 1.18. The van der Waals surface area contributed by atoms with E-state index in [2.05, 4.69) is 15.0 Å². The zero-order chi connectivity index (χ0) is 19.7. The third-order valence-corrected chi connectivity index (χ3v) is 5.35. The molecule has 8 heteroatoms. The molecule has 4 rings (SSSR count). The highest BCUT2D eigenvalue weighted by atomic mass is 32.2. The van der Waals surface area contributed by atoms with Crippen LogP contribution in [0, 0.1) is 11.3 Å². The van der Waals surface area contributed by atoms with Crippen LogP contribution in [0.3, 0.4) is 0 Å². The fourth-order valence-corrected chi connectivity index (χ4v) is 3.71. The Labute approximate surface area is 164 Å². The summed E-state index contributed by atoms with van der Waals surface area (Å²) in [4.78, 5) is 24.4. The van der Waals surface area contributed by atoms with Crippen LogP contribution >= 0.6 is 11.8 Å². The number of H-pyrrole nitrogens is 1. The highest BCUT2D eigenvalue weighted by Gasteiger charge is 2.15. The molecule has 7 nitrogen and oxygen atoms in total. The Bertz CT molecular complexity index is 1300. The van der Waals surface area contributed by atoms with Gasteiger partial charge in [0.05, 0.1) is 27.7 Å². The van der Waals surface area contributed by atoms with Crippen LogP contribution in [0.15, 0.2) is 64.2 Å². The van der Waals surface area contributed by atoms with Crippen molar-refractivity contribution in [2.75, 3.05) is 5.75 Å². The maximum absolute atomic E-state index is 12.5. The molecule has 2 aromatic heterocycles. The Morgan fingerprint density at radius 2 is 1.89 bits per heavy atom. The molecule has 2 aromatic carbocycles. The molecule has 0 aliphatic heterocycles. The molecular weight excluding hydrogens is 374 g/mol. The molecule has 2 N–H and O–H groups in total. The Kier molecular flexibility index (Phi) is 4.59. The van der Waals surface area contributed by atoms with Crippen molar-refractivity contribution < 1.29 is 5.11 Å². The second-order valence-corrected chi connectivity index (χ2v) is 7.04. The SMILES string of the molecule is Cn1c(SC/C(O)=C(\C#N)c2nc3ccccc3[nH]2)nc2ccccc2c1=O. The average molecular weight is 389 g/mol. The van der Waals surface area contributed by atoms with Crippen molar-refractivity contribution in [3.8, 4) is 6.07 Å². The number of para-hydroxylation sites is 3. The summed E-state index contributed by atoms with van der Waals surface area (Å²) in [6.45, 7) is 0. The summed E-state index contributed by atoms with van der Waals surface area (Å²) < 4.78 is 1.44. The first-order valence-corrected chi connectivity index (χ1v) is 9.43. The first-order valence-electron chi connectivity index (χ1n) is 8.44. The lowest BCUT2D eigenvalue weighted by Crippen LogP contribution is -2.20. The molecule has 28 heavy (non-hydrogen) atoms. The number of thioether (sulfide) groups is 1. The van der Waals surface area contributed by atoms with E-state index in [0.717, 1.165) is 5.52 Å². The van der Waals surface area contributed by atoms with Gasteiger partial charge in [0.2, 0.25) is 0 Å². The quantitative estimate of drug-likeness (QED) is 0.240. The normalized spacial score (nSPS) is 12.1. The van der Waals surface area contributed by atoms with E-state index in [1.807, 2.05) is 36.4 Å². The average Bonchev–Trinajstić information content (AvgIpc) is 3.14. The number of aliphatic hydroxyl groups excluding tert-OH is 1. The van der Waals surface area contributed by atoms with E-state index in [1.165, 1.54) is 16.3 Å². The van der Waals surface area contributed by atoms with Crippen molar-refractivity contribution in [2.45, 2.75) is 5.16 Å². The highest BCUT2D eigenvalue weighted by Crippen LogP contribution is 2.24. The van der Waals surface area contributed by atoms with Gasteiger partial charge in [-0.05, 0) is 24.3 Å². The number of aromatic nitrogens is 4. The van der Waals surface area contributed by atoms with E-state index < -0.39 is 0 Å². The smallest absolute Gasteiger partial charge is 0.261 e. The minimum Gasteiger partial charge on any atom is -0.510 e. The molecule has 0 unspecified atom stereocenters. The number of rotatable bonds is 4. The lowest BCUT2D eigenvalue weighted by atomic mass is 10.2. The fourth-order valence-electron chi connectivity index (χ4n) is 2.86. The number of aliphatic hydroxyl groups is 1. The third kappa shape index (κ3) is 3.12. The molecule has 0 fully saturated rings. The lowest BCUT2D eigenvalue weighted by molar-refractivity contribution is 0.420. The zero-order valence-corrected chi connectivity index (χ0v) is 15.7. The predicted molar refractivity (Wildman–Crippen MR) is 109 cm³/mol. The number of aromatic amines is 1. The van der Waals surface area contributed by atoms with Crippen LogP contribution in [0.4, 0.5) is 0 Å². The van der Waals surface area contributed by atoms with Crippen LogP contribution in [0.5, 0.6) is 0 Å². The molecule has 2 heterocycles. The van der Waals surface area contributed by atoms with Gasteiger partial charge in [0.25, 0.3) is 5.56 Å². The van der Waals surface area contributed by atoms with Gasteiger partial charge in [-0.1, -0.05) is 36.0 Å². The van der Waals surface area contributed by atoms with Crippen LogP contribution in [-0.2, 0) is 7.05 Å². The first-order chi connectivity index (χ1) is 13.6. The Hall–Kier alpha value is -3.57. The topological polar surface area (TPSA) is 108 Å². The number of benzene rings is 2. The number of hydrogen-bond acceptors (Lipinski definition) is 6. The molecular formula is C20H15N5O2S. The van der Waals surface area contributed by atoms with Crippen molar-refractivity contribution in [1.29, 1.82) is 5.26 Å². The molecule has 0 saturated heterocycles. The predicted octanol–water partition coefficient (Wildman–Crippen LogP) is 3.39. The van der Waals surface area contributed by atoms with Crippen molar-refractivity contribution in [3.05, 3.63) is 70.5 Å². The van der Waals surface area contributed by atoms with Crippen LogP contribution in [0.2, 0.25) is 0 Å². The van der Waals surface area contributed by atoms with E-state index >= 15 is 0 Å². The third-order valence-electron chi connectivity index (χ3n) is 4.31. The number of hydrogen-bond donors (Lipinski definition) is 2. The number of nitriles is 1. The van der Waals surface area contributed by atoms with Gasteiger partial charge in [0.15, 0.2) is 11.0 Å². The van der Waals surface area contributed by atoms with E-state index in [-0.39, 0.29) is 22.6 Å². The van der Waals surface area contributed by atoms with Crippen LogP contribution in [0.25, 0.3) is 27.5 Å². The Balaban J connectivity index is 1.66. The van der Waals surface area contributed by atoms with E-state index in [9.17, 15) is 15.2 Å². The Morgan fingerprint density at radius 3 is 2.64 bits per heavy atom. The molecule has 138 valence electrons. The minimum atomic E-state index is -0.158. The molecule has 4 aromatic rings. The summed E-state index contributed by atoms with van der Waals surface area (Å²) in [6, 6.07) is 16.5. The highest BCUT2D eigenvalue weighted by molar-refractivity contribution is 7.99. The number of nitrogens with zero attached hydrogens (tertiary/aromatic N) is 4. The summed E-state index contributed by atoms with van der Waals surface area (Å²) in [5, 5.41) is 21.0. The first kappa shape index (κ1) is 17.8. The van der Waals surface area contributed by atoms with Gasteiger partial charge >= 0.3 is 0 Å². The standard InChI is InChI=1S/C20H15N5O2S/c1-25-19(27)12-6-2-3-7-14(12)24-20(25)28-11-17(26)13(10-21)18-22-15-8-4-5-9-16(15)23-18/h2-9,26H,11H2,1H3,(H,22,23)/b17-13-. The molecule has 0 radical (unpaired) electrons. The van der Waals surface area contributed by atoms with Gasteiger partial charge in [0.1, 0.15) is 17.4 Å². The van der Waals surface area contributed by atoms with Crippen molar-refractivity contribution in [3.63, 3.8) is 0 Å². The van der Waals surface area contributed by atoms with Gasteiger partial charge in [-0.25, -0.2) is 9.97 Å². The van der Waals surface area contributed by atoms with Crippen LogP contribution in [-0.4, -0.2) is 30.4 Å². The minimum absolute atomic E-state index is 0.0643. The molecule has 0 aliphatic carbocycles. The molecule has 0 atom stereocenters. The van der Waals surface area contributed by atoms with Crippen LogP contribution < -0.4 is 5.56 Å². The largest absolute Gasteiger partial charge is 0.510 e. The second kappa shape index (κ2) is 7.21. The number of imidazole rings is 1. The lowest BCUT2D eigenvalue weighted by Gasteiger charge is -2.08. The van der Waals surface area contributed by atoms with E-state index in [1.54, 1.807) is 25.2 Å². The molecule has 0 bridgehead atoms. The van der Waals surface area contributed by atoms with E-state index in [4.69, 9.17) is 0 Å². The van der Waals surface area contributed by atoms with E-state index in [0.29, 0.717) is 27.4 Å². The van der Waals surface area contributed by atoms with Crippen LogP contribution in [0.1, 0.15) is 5.82 Å². The van der Waals surface area contributed by atoms with Gasteiger partial charge in [-0.15, -0.1) is 0 Å². The summed E-state index contributed by atoms with van der Waals surface area (Å²) in [6.07, 6.45) is 0. The number of fused-ring (bicyclic) bond motifs is 2. The second-order valence-electron chi connectivity index (χ2n) is 6.10. The van der Waals surface area contributed by atoms with Gasteiger partial charge in [-0.2, -0.15) is 5.26 Å². The molecule has 0 spiro atoms. The molecule has 0 aliphatic rings. The summed E-state index contributed by atoms with van der Waals surface area (Å²) in [5.74, 6) is 0.259. The van der Waals surface area contributed by atoms with Crippen molar-refractivity contribution in [2.24, 2.45) is 7.05 Å². The number of nitrogens with one attached hydrogen (secondary N) is 1. The van der Waals surface area contributed by atoms with Crippen molar-refractivity contribution in [1.82, 2.24) is 19.5 Å². The van der Waals surface area contributed by atoms with Crippen molar-refractivity contribution >= 4 is 39.3 Å². The monoisotopic (exact) mass is 389 g/mol. The van der Waals surface area contributed by atoms with Gasteiger partial charge < -0.3 is 10.1 Å². The summed E-state index contributed by atoms with van der Waals surface area (Å²) in [7, 11) is 1.63. The zero-order valence-electron chi connectivity index (χ0n) is 14.9. The van der Waals surface area contributed by atoms with Gasteiger partial charge in [-0.3, -0.25) is 9.36 Å². The Morgan fingerprint density at radius 1 is 1.18 bits per heavy atom. The maximum atomic E-state index is 12.5. The molecule has 0 saturated carbocycles. The fraction of sp³-hybridized carbons (Fsp3) is 0.100. The maximum Gasteiger partial charge on any atom is 0.261 e. The molecule has 0 amide bonds. The van der Waals surface area contributed by atoms with Gasteiger partial charge in [0, 0.05) is 7.05 Å². The summed E-state index contributed by atoms with van der Waals surface area (Å²) in [5.41, 5.74) is 1.99.